The van der Waals surface area contributed by atoms with Gasteiger partial charge in [-0.3, -0.25) is 4.99 Å². The lowest BCUT2D eigenvalue weighted by Crippen LogP contribution is -2.06. The van der Waals surface area contributed by atoms with Gasteiger partial charge in [-0.15, -0.1) is 0 Å². The Morgan fingerprint density at radius 2 is 1.23 bits per heavy atom. The van der Waals surface area contributed by atoms with E-state index in [1.165, 1.54) is 76.4 Å². The third-order valence-electron chi connectivity index (χ3n) is 11.4. The predicted octanol–water partition coefficient (Wildman–Crippen LogP) is 16.2. The molecule has 0 atom stereocenters. The minimum absolute atomic E-state index is 0.437. The van der Waals surface area contributed by atoms with Crippen LogP contribution in [-0.2, 0) is 6.54 Å². The first-order chi connectivity index (χ1) is 30.4. The Balaban J connectivity index is 0.00000285. The van der Waals surface area contributed by atoms with Crippen LogP contribution in [0.15, 0.2) is 197 Å². The van der Waals surface area contributed by atoms with Crippen molar-refractivity contribution in [2.75, 3.05) is 0 Å². The fraction of sp³-hybridized carbons (Fsp3) is 0.155. The van der Waals surface area contributed by atoms with Crippen LogP contribution in [0, 0.1) is 13.8 Å². The first kappa shape index (κ1) is 42.9. The van der Waals surface area contributed by atoms with E-state index in [9.17, 15) is 0 Å². The summed E-state index contributed by atoms with van der Waals surface area (Å²) in [5.74, 6) is 1.09. The lowest BCUT2D eigenvalue weighted by molar-refractivity contribution is 1.05. The van der Waals surface area contributed by atoms with Crippen LogP contribution in [0.25, 0.3) is 70.9 Å². The normalized spacial score (nSPS) is 13.0. The highest BCUT2D eigenvalue weighted by molar-refractivity contribution is 6.37. The Morgan fingerprint density at radius 3 is 1.84 bits per heavy atom. The van der Waals surface area contributed by atoms with Gasteiger partial charge < -0.3 is 4.57 Å². The summed E-state index contributed by atoms with van der Waals surface area (Å²) in [6.07, 6.45) is 14.7. The van der Waals surface area contributed by atoms with Crippen molar-refractivity contribution < 1.29 is 0 Å². The number of allylic oxidation sites excluding steroid dienone is 5. The molecule has 0 N–H and O–H groups in total. The number of hydrogen-bond donors (Lipinski definition) is 0. The number of aryl methyl sites for hydroxylation is 2. The van der Waals surface area contributed by atoms with Gasteiger partial charge in [0.05, 0.1) is 17.6 Å². The second-order valence-corrected chi connectivity index (χ2v) is 15.0. The Kier molecular flexibility index (Phi) is 13.5. The standard InChI is InChI=1S/C56H50N4.C2H6/c1-8-12-24-40(11-4)56(59-55(57-7)41(21-9-2)22-10-3)58-36-39-32-34-42(35-33-39)60-53-38(6)50(43-25-14-13-23-37(43)5)47-29-18-19-30-48(47)51(53)52-46-28-17-15-26-44(46)45-27-16-20-31-49(45)54(52)60;1-2/h9-35H,2,7-8,36H2,1,3-6H3;1-2H3/b22-10-,24-12-,40-11+,41-21+,58-56?,59-55?;. The maximum absolute atomic E-state index is 5.12. The van der Waals surface area contributed by atoms with Crippen LogP contribution in [0.2, 0.25) is 0 Å². The Labute approximate surface area is 367 Å². The highest BCUT2D eigenvalue weighted by Gasteiger charge is 2.25. The van der Waals surface area contributed by atoms with Crippen molar-refractivity contribution in [2.45, 2.75) is 61.4 Å². The van der Waals surface area contributed by atoms with Gasteiger partial charge in [0.1, 0.15) is 0 Å². The van der Waals surface area contributed by atoms with Gasteiger partial charge in [0.25, 0.3) is 0 Å². The van der Waals surface area contributed by atoms with Crippen molar-refractivity contribution in [3.63, 3.8) is 0 Å². The van der Waals surface area contributed by atoms with Crippen molar-refractivity contribution in [1.82, 2.24) is 4.57 Å². The molecule has 1 aromatic heterocycles. The van der Waals surface area contributed by atoms with E-state index in [1.54, 1.807) is 6.08 Å². The quantitative estimate of drug-likeness (QED) is 0.0572. The van der Waals surface area contributed by atoms with Crippen LogP contribution in [-0.4, -0.2) is 23.0 Å². The van der Waals surface area contributed by atoms with E-state index in [0.29, 0.717) is 18.2 Å². The van der Waals surface area contributed by atoms with E-state index >= 15 is 0 Å². The highest BCUT2D eigenvalue weighted by atomic mass is 15.0. The second kappa shape index (κ2) is 19.5. The maximum Gasteiger partial charge on any atom is 0.160 e. The van der Waals surface area contributed by atoms with Crippen molar-refractivity contribution >= 4 is 72.5 Å². The second-order valence-electron chi connectivity index (χ2n) is 15.0. The van der Waals surface area contributed by atoms with Gasteiger partial charge in [0.2, 0.25) is 0 Å². The van der Waals surface area contributed by atoms with E-state index in [4.69, 9.17) is 9.98 Å². The van der Waals surface area contributed by atoms with Crippen LogP contribution in [0.3, 0.4) is 0 Å². The number of aliphatic imine (C=N–C) groups is 3. The van der Waals surface area contributed by atoms with Crippen molar-refractivity contribution in [1.29, 1.82) is 0 Å². The molecule has 4 nitrogen and oxygen atoms in total. The molecule has 1 heterocycles. The average molecular weight is 809 g/mol. The molecule has 0 saturated carbocycles. The summed E-state index contributed by atoms with van der Waals surface area (Å²) in [4.78, 5) is 14.4. The zero-order valence-corrected chi connectivity index (χ0v) is 37.2. The molecule has 0 aliphatic rings. The molecule has 0 saturated heterocycles. The molecule has 62 heavy (non-hydrogen) atoms. The summed E-state index contributed by atoms with van der Waals surface area (Å²) in [5, 5.41) is 10.1. The highest BCUT2D eigenvalue weighted by Crippen LogP contribution is 2.48. The summed E-state index contributed by atoms with van der Waals surface area (Å²) in [5.41, 5.74) is 11.4. The fourth-order valence-electron chi connectivity index (χ4n) is 8.72. The van der Waals surface area contributed by atoms with Gasteiger partial charge in [-0.1, -0.05) is 179 Å². The summed E-state index contributed by atoms with van der Waals surface area (Å²) in [6.45, 7) is 22.8. The smallest absolute Gasteiger partial charge is 0.160 e. The van der Waals surface area contributed by atoms with E-state index in [1.807, 2.05) is 52.0 Å². The summed E-state index contributed by atoms with van der Waals surface area (Å²) in [7, 11) is 0. The van der Waals surface area contributed by atoms with Gasteiger partial charge in [-0.25, -0.2) is 9.98 Å². The minimum atomic E-state index is 0.437. The predicted molar refractivity (Wildman–Crippen MR) is 274 cm³/mol. The number of nitrogens with zero attached hydrogens (tertiary/aromatic N) is 4. The molecule has 0 fully saturated rings. The van der Waals surface area contributed by atoms with Crippen LogP contribution in [0.1, 0.15) is 57.7 Å². The topological polar surface area (TPSA) is 42.0 Å². The van der Waals surface area contributed by atoms with Crippen LogP contribution < -0.4 is 0 Å². The molecule has 0 unspecified atom stereocenters. The number of hydrogen-bond acceptors (Lipinski definition) is 1. The molecule has 0 amide bonds. The summed E-state index contributed by atoms with van der Waals surface area (Å²) in [6, 6.07) is 44.4. The Bertz CT molecular complexity index is 3160. The Hall–Kier alpha value is -7.17. The molecular weight excluding hydrogens is 753 g/mol. The zero-order chi connectivity index (χ0) is 43.8. The number of aromatic nitrogens is 1. The van der Waals surface area contributed by atoms with Gasteiger partial charge in [0, 0.05) is 33.0 Å². The molecule has 7 aromatic carbocycles. The number of rotatable bonds is 10. The number of amidine groups is 2. The average Bonchev–Trinajstić information content (AvgIpc) is 3.69. The molecule has 0 aliphatic heterocycles. The fourth-order valence-corrected chi connectivity index (χ4v) is 8.72. The molecule has 308 valence electrons. The first-order valence-corrected chi connectivity index (χ1v) is 21.8. The van der Waals surface area contributed by atoms with Crippen LogP contribution >= 0.6 is 0 Å². The van der Waals surface area contributed by atoms with Gasteiger partial charge >= 0.3 is 0 Å². The van der Waals surface area contributed by atoms with E-state index in [0.717, 1.165) is 28.8 Å². The molecule has 8 aromatic rings. The molecule has 0 radical (unpaired) electrons. The molecule has 0 aliphatic carbocycles. The van der Waals surface area contributed by atoms with Gasteiger partial charge in [-0.2, -0.15) is 0 Å². The zero-order valence-electron chi connectivity index (χ0n) is 37.2. The van der Waals surface area contributed by atoms with E-state index in [-0.39, 0.29) is 0 Å². The van der Waals surface area contributed by atoms with Crippen molar-refractivity contribution in [2.24, 2.45) is 15.0 Å². The molecule has 4 heteroatoms. The molecule has 0 bridgehead atoms. The SMILES string of the molecule is C=C/C=C(\C=C/C)C(N=C)=NC(=NCc1ccc(-n2c3c(C)c(-c4ccccc4C)c4ccccc4c3c3c4ccccc4c4ccccc4c32)cc1)C(/C=C\CC)=C/C.CC. The lowest BCUT2D eigenvalue weighted by atomic mass is 9.88. The monoisotopic (exact) mass is 808 g/mol. The first-order valence-electron chi connectivity index (χ1n) is 21.8. The van der Waals surface area contributed by atoms with Crippen LogP contribution in [0.5, 0.6) is 0 Å². The van der Waals surface area contributed by atoms with Crippen molar-refractivity contribution in [3.8, 4) is 16.8 Å². The van der Waals surface area contributed by atoms with Crippen molar-refractivity contribution in [3.05, 3.63) is 198 Å². The number of fused-ring (bicyclic) bond motifs is 10. The Morgan fingerprint density at radius 1 is 0.645 bits per heavy atom. The maximum atomic E-state index is 5.12. The van der Waals surface area contributed by atoms with E-state index < -0.39 is 0 Å². The third kappa shape index (κ3) is 7.92. The van der Waals surface area contributed by atoms with Gasteiger partial charge in [-0.05, 0) is 108 Å². The third-order valence-corrected chi connectivity index (χ3v) is 11.4. The number of benzene rings is 7. The van der Waals surface area contributed by atoms with Gasteiger partial charge in [0.15, 0.2) is 11.7 Å². The minimum Gasteiger partial charge on any atom is -0.308 e. The van der Waals surface area contributed by atoms with Crippen LogP contribution in [0.4, 0.5) is 0 Å². The molecule has 0 spiro atoms. The molecular formula is C58H56N4. The lowest BCUT2D eigenvalue weighted by Gasteiger charge is -2.18. The van der Waals surface area contributed by atoms with E-state index in [2.05, 4.69) is 177 Å². The molecule has 8 rings (SSSR count). The summed E-state index contributed by atoms with van der Waals surface area (Å²) < 4.78 is 2.52. The largest absolute Gasteiger partial charge is 0.308 e. The summed E-state index contributed by atoms with van der Waals surface area (Å²) >= 11 is 0.